The Morgan fingerprint density at radius 2 is 0.863 bits per heavy atom. The Hall–Kier alpha value is -7.06. The maximum Gasteiger partial charge on any atom is 0.246 e. The first kappa shape index (κ1) is 60.6. The van der Waals surface area contributed by atoms with E-state index in [1.54, 1.807) is 43.3 Å². The van der Waals surface area contributed by atoms with Gasteiger partial charge in [-0.1, -0.05) is 96.8 Å². The number of amides is 10. The highest BCUT2D eigenvalue weighted by molar-refractivity contribution is 6.00. The Balaban J connectivity index is 1.24. The van der Waals surface area contributed by atoms with E-state index in [9.17, 15) is 53.1 Å². The molecule has 5 saturated heterocycles. The Morgan fingerprint density at radius 1 is 0.450 bits per heavy atom. The second-order valence-electron chi connectivity index (χ2n) is 23.1. The summed E-state index contributed by atoms with van der Waals surface area (Å²) in [5.74, 6) is -6.69. The van der Waals surface area contributed by atoms with Crippen LogP contribution in [-0.2, 0) is 60.8 Å². The second kappa shape index (κ2) is 27.4. The van der Waals surface area contributed by atoms with Crippen molar-refractivity contribution in [2.24, 2.45) is 17.8 Å². The average Bonchev–Trinajstić information content (AvgIpc) is 4.34. The minimum absolute atomic E-state index is 0.00659. The molecule has 80 heavy (non-hydrogen) atoms. The highest BCUT2D eigenvalue weighted by atomic mass is 16.3. The molecule has 3 unspecified atom stereocenters. The number of benzene rings is 2. The van der Waals surface area contributed by atoms with Crippen LogP contribution in [0.15, 0.2) is 54.6 Å². The molecule has 436 valence electrons. The van der Waals surface area contributed by atoms with Crippen LogP contribution in [0.4, 0.5) is 0 Å². The van der Waals surface area contributed by atoms with Crippen molar-refractivity contribution in [3.05, 3.63) is 65.7 Å². The molecule has 0 aliphatic carbocycles. The maximum atomic E-state index is 14.9. The fourth-order valence-electron chi connectivity index (χ4n) is 11.9. The van der Waals surface area contributed by atoms with Crippen LogP contribution < -0.4 is 31.9 Å². The van der Waals surface area contributed by atoms with E-state index in [1.807, 2.05) is 40.7 Å². The van der Waals surface area contributed by atoms with Gasteiger partial charge in [-0.15, -0.1) is 0 Å². The SMILES string of the molecule is CC[C@@H](C)[C@@H]1NC(=O)C2CCCN2C(=O)C2CCCN2C(=O)[C@H]([C@H](C)CC)NC(=O)[C@@H](Cc2ccc(O)cc2)NC(=O)[C@@H]2CCCN2C(=O)[C@@H]2CCCN2C(=O)C(CC(C)C)NC(=O)[C@H](C)NC(=O)[C@@H](Cc2ccccc2)NC1=O. The molecule has 0 bridgehead atoms. The zero-order valence-corrected chi connectivity index (χ0v) is 47.5. The summed E-state index contributed by atoms with van der Waals surface area (Å²) in [7, 11) is 0. The average molecular weight is 1110 g/mol. The number of carbonyl (C=O) groups is 10. The van der Waals surface area contributed by atoms with Gasteiger partial charge in [0.05, 0.1) is 0 Å². The van der Waals surface area contributed by atoms with E-state index >= 15 is 0 Å². The highest BCUT2D eigenvalue weighted by Crippen LogP contribution is 2.30. The predicted molar refractivity (Wildman–Crippen MR) is 297 cm³/mol. The van der Waals surface area contributed by atoms with Crippen molar-refractivity contribution in [1.82, 2.24) is 51.5 Å². The molecule has 2 aromatic carbocycles. The number of hydrogen-bond acceptors (Lipinski definition) is 11. The standard InChI is InChI=1S/C59H84N10O11/c1-8-35(5)48-55(76)62-41(32-38-17-11-10-12-18-38)51(72)60-37(7)50(71)63-43(31-34(3)4)56(77)68-29-15-21-46(68)57(78)66-27-13-19-44(66)53(74)61-42(33-39-23-25-40(70)26-24-39)52(73)65-49(36(6)9-2)59(80)69-30-16-22-47(69)58(79)67-28-14-20-45(67)54(75)64-48/h10-12,17-18,23-26,34-37,41-49,70H,8-9,13-16,19-22,27-33H2,1-7H3,(H,60,72)(H,61,74)(H,62,76)(H,63,71)(H,64,75)(H,65,73)/t35-,36-,37+,41-,42-,43?,44+,45?,46+,47?,48+,49+/m1/s1. The lowest BCUT2D eigenvalue weighted by atomic mass is 9.96. The van der Waals surface area contributed by atoms with Gasteiger partial charge in [0.2, 0.25) is 59.1 Å². The van der Waals surface area contributed by atoms with Crippen LogP contribution in [0.3, 0.4) is 0 Å². The number of phenolic OH excluding ortho intramolecular Hbond substituents is 1. The molecular formula is C59H84N10O11. The van der Waals surface area contributed by atoms with Crippen molar-refractivity contribution < 1.29 is 53.1 Å². The van der Waals surface area contributed by atoms with E-state index < -0.39 is 131 Å². The van der Waals surface area contributed by atoms with E-state index in [2.05, 4.69) is 31.9 Å². The Kier molecular flexibility index (Phi) is 20.8. The van der Waals surface area contributed by atoms with Crippen LogP contribution in [-0.4, -0.2) is 170 Å². The monoisotopic (exact) mass is 1110 g/mol. The van der Waals surface area contributed by atoms with Crippen LogP contribution in [0, 0.1) is 17.8 Å². The molecule has 5 heterocycles. The van der Waals surface area contributed by atoms with E-state index in [1.165, 1.54) is 38.7 Å². The molecule has 10 amide bonds. The number of phenols is 1. The van der Waals surface area contributed by atoms with Gasteiger partial charge in [-0.3, -0.25) is 47.9 Å². The van der Waals surface area contributed by atoms with Gasteiger partial charge in [-0.2, -0.15) is 0 Å². The highest BCUT2D eigenvalue weighted by Gasteiger charge is 2.47. The molecule has 0 saturated carbocycles. The van der Waals surface area contributed by atoms with Crippen molar-refractivity contribution in [3.8, 4) is 5.75 Å². The molecule has 7 N–H and O–H groups in total. The number of nitrogens with zero attached hydrogens (tertiary/aromatic N) is 4. The van der Waals surface area contributed by atoms with Crippen LogP contribution >= 0.6 is 0 Å². The number of aromatic hydroxyl groups is 1. The molecule has 7 rings (SSSR count). The molecule has 0 aromatic heterocycles. The summed E-state index contributed by atoms with van der Waals surface area (Å²) >= 11 is 0. The molecule has 0 spiro atoms. The summed E-state index contributed by atoms with van der Waals surface area (Å²) in [5.41, 5.74) is 1.29. The number of fused-ring (bicyclic) bond motifs is 4. The second-order valence-corrected chi connectivity index (χ2v) is 23.1. The minimum Gasteiger partial charge on any atom is -0.508 e. The molecule has 21 heteroatoms. The van der Waals surface area contributed by atoms with Crippen molar-refractivity contribution in [2.45, 2.75) is 192 Å². The first-order chi connectivity index (χ1) is 38.2. The quantitative estimate of drug-likeness (QED) is 0.181. The lowest BCUT2D eigenvalue weighted by Crippen LogP contribution is -2.62. The van der Waals surface area contributed by atoms with Gasteiger partial charge in [-0.05, 0) is 106 Å². The predicted octanol–water partition coefficient (Wildman–Crippen LogP) is 2.22. The fourth-order valence-corrected chi connectivity index (χ4v) is 11.9. The molecule has 0 radical (unpaired) electrons. The van der Waals surface area contributed by atoms with Crippen molar-refractivity contribution >= 4 is 59.1 Å². The fraction of sp³-hybridized carbons (Fsp3) is 0.627. The van der Waals surface area contributed by atoms with Gasteiger partial charge in [0, 0.05) is 39.0 Å². The smallest absolute Gasteiger partial charge is 0.246 e. The summed E-state index contributed by atoms with van der Waals surface area (Å²) in [5, 5.41) is 27.3. The van der Waals surface area contributed by atoms with Gasteiger partial charge in [-0.25, -0.2) is 0 Å². The maximum absolute atomic E-state index is 14.9. The minimum atomic E-state index is -1.27. The lowest BCUT2D eigenvalue weighted by molar-refractivity contribution is -0.149. The van der Waals surface area contributed by atoms with E-state index in [0.717, 1.165) is 0 Å². The molecule has 21 nitrogen and oxygen atoms in total. The lowest BCUT2D eigenvalue weighted by Gasteiger charge is -2.35. The number of rotatable bonds is 10. The molecule has 2 aromatic rings. The van der Waals surface area contributed by atoms with E-state index in [0.29, 0.717) is 68.9 Å². The molecule has 12 atom stereocenters. The zero-order valence-electron chi connectivity index (χ0n) is 47.5. The van der Waals surface area contributed by atoms with Gasteiger partial charge in [0.25, 0.3) is 0 Å². The topological polar surface area (TPSA) is 276 Å². The normalized spacial score (nSPS) is 29.1. The summed E-state index contributed by atoms with van der Waals surface area (Å²) < 4.78 is 0. The van der Waals surface area contributed by atoms with Gasteiger partial charge in [0.15, 0.2) is 0 Å². The number of hydrogen-bond donors (Lipinski definition) is 7. The van der Waals surface area contributed by atoms with Crippen LogP contribution in [0.1, 0.15) is 130 Å². The Bertz CT molecular complexity index is 2580. The molecular weight excluding hydrogens is 1020 g/mol. The third-order valence-corrected chi connectivity index (χ3v) is 16.9. The number of carbonyl (C=O) groups excluding carboxylic acids is 10. The van der Waals surface area contributed by atoms with E-state index in [-0.39, 0.29) is 63.5 Å². The first-order valence-corrected chi connectivity index (χ1v) is 29.1. The van der Waals surface area contributed by atoms with Crippen molar-refractivity contribution in [2.75, 3.05) is 26.2 Å². The zero-order chi connectivity index (χ0) is 57.9. The summed E-state index contributed by atoms with van der Waals surface area (Å²) in [4.78, 5) is 152. The Morgan fingerprint density at radius 3 is 1.38 bits per heavy atom. The van der Waals surface area contributed by atoms with Crippen molar-refractivity contribution in [1.29, 1.82) is 0 Å². The number of nitrogens with one attached hydrogen (secondary N) is 6. The first-order valence-electron chi connectivity index (χ1n) is 29.1. The summed E-state index contributed by atoms with van der Waals surface area (Å²) in [6.07, 6.45) is 4.17. The molecule has 5 fully saturated rings. The Labute approximate surface area is 469 Å². The third kappa shape index (κ3) is 14.5. The summed E-state index contributed by atoms with van der Waals surface area (Å²) in [6.45, 7) is 13.5. The van der Waals surface area contributed by atoms with Crippen molar-refractivity contribution in [3.63, 3.8) is 0 Å². The largest absolute Gasteiger partial charge is 0.508 e. The van der Waals surface area contributed by atoms with Gasteiger partial charge >= 0.3 is 0 Å². The van der Waals surface area contributed by atoms with E-state index in [4.69, 9.17) is 0 Å². The van der Waals surface area contributed by atoms with Crippen LogP contribution in [0.25, 0.3) is 0 Å². The van der Waals surface area contributed by atoms with Gasteiger partial charge < -0.3 is 56.6 Å². The molecule has 5 aliphatic heterocycles. The summed E-state index contributed by atoms with van der Waals surface area (Å²) in [6, 6.07) is 4.15. The van der Waals surface area contributed by atoms with Crippen LogP contribution in [0.2, 0.25) is 0 Å². The van der Waals surface area contributed by atoms with Crippen LogP contribution in [0.5, 0.6) is 5.75 Å². The molecule has 5 aliphatic rings. The third-order valence-electron chi connectivity index (χ3n) is 16.9. The van der Waals surface area contributed by atoms with Gasteiger partial charge in [0.1, 0.15) is 66.2 Å².